The Hall–Kier alpha value is -3.39. The highest BCUT2D eigenvalue weighted by atomic mass is 32.2. The number of quaternary nitrogens is 1. The van der Waals surface area contributed by atoms with E-state index in [4.69, 9.17) is 4.74 Å². The molecule has 2 aliphatic heterocycles. The summed E-state index contributed by atoms with van der Waals surface area (Å²) in [5.41, 5.74) is 0.432. The fraction of sp³-hybridized carbons (Fsp3) is 0.412. The van der Waals surface area contributed by atoms with Gasteiger partial charge in [0.1, 0.15) is 22.8 Å². The number of ether oxygens (including phenoxy) is 1. The van der Waals surface area contributed by atoms with Gasteiger partial charge >= 0.3 is 18.4 Å². The van der Waals surface area contributed by atoms with Gasteiger partial charge in [-0.2, -0.15) is 30.8 Å². The summed E-state index contributed by atoms with van der Waals surface area (Å²) in [5, 5.41) is 1.87. The lowest BCUT2D eigenvalue weighted by Crippen LogP contribution is -2.57. The molecule has 53 heavy (non-hydrogen) atoms. The summed E-state index contributed by atoms with van der Waals surface area (Å²) < 4.78 is 139. The number of hydrogen-bond donors (Lipinski definition) is 0. The van der Waals surface area contributed by atoms with Crippen LogP contribution in [0.5, 0.6) is 5.75 Å². The first-order chi connectivity index (χ1) is 24.5. The van der Waals surface area contributed by atoms with Crippen LogP contribution in [0.15, 0.2) is 75.0 Å². The molecule has 3 heterocycles. The Morgan fingerprint density at radius 3 is 2.26 bits per heavy atom. The number of carbonyl (C=O) groups is 1. The molecule has 1 saturated heterocycles. The number of allylic oxidation sites excluding steroid dienone is 1. The van der Waals surface area contributed by atoms with Crippen molar-refractivity contribution < 1.29 is 52.7 Å². The first kappa shape index (κ1) is 39.3. The van der Waals surface area contributed by atoms with E-state index in [2.05, 4.69) is 4.98 Å². The molecule has 2 amide bonds. The summed E-state index contributed by atoms with van der Waals surface area (Å²) in [7, 11) is -7.92. The Morgan fingerprint density at radius 1 is 1.04 bits per heavy atom. The minimum Gasteiger partial charge on any atom is -0.475 e. The van der Waals surface area contributed by atoms with Crippen LogP contribution < -0.4 is 9.22 Å². The Kier molecular flexibility index (Phi) is 9.95. The Balaban J connectivity index is 1.55. The van der Waals surface area contributed by atoms with Crippen LogP contribution in [0.3, 0.4) is 0 Å². The fourth-order valence-corrected chi connectivity index (χ4v) is 10.9. The number of fused-ring (bicyclic) bond motifs is 2. The first-order valence-electron chi connectivity index (χ1n) is 16.1. The zero-order valence-corrected chi connectivity index (χ0v) is 32.0. The number of benzene rings is 2. The van der Waals surface area contributed by atoms with Crippen molar-refractivity contribution in [1.82, 2.24) is 14.4 Å². The summed E-state index contributed by atoms with van der Waals surface area (Å²) in [6, 6.07) is 4.81. The van der Waals surface area contributed by atoms with E-state index in [0.717, 1.165) is 66.8 Å². The van der Waals surface area contributed by atoms with Gasteiger partial charge < -0.3 is 4.74 Å². The van der Waals surface area contributed by atoms with Crippen molar-refractivity contribution in [3.05, 3.63) is 86.9 Å². The lowest BCUT2D eigenvalue weighted by Gasteiger charge is -2.35. The molecule has 1 aromatic heterocycles. The van der Waals surface area contributed by atoms with E-state index in [-0.39, 0.29) is 58.6 Å². The summed E-state index contributed by atoms with van der Waals surface area (Å²) in [6.07, 6.45) is -5.48. The highest BCUT2D eigenvalue weighted by molar-refractivity contribution is 7.99. The van der Waals surface area contributed by atoms with Gasteiger partial charge in [0.05, 0.1) is 23.5 Å². The van der Waals surface area contributed by atoms with Gasteiger partial charge in [-0.15, -0.1) is 23.1 Å². The summed E-state index contributed by atoms with van der Waals surface area (Å²) in [4.78, 5) is 20.3. The molecule has 3 aliphatic rings. The third-order valence-corrected chi connectivity index (χ3v) is 14.6. The standard InChI is InChI=1S/C34H34F6N3O6S4/c1-5-50-29-13-23-17-42(16-22(23)12-26(29)34(38,39)40)31(44)43(27-14-25(52(3,45)46)6-7-28(27)49-20(2)33(35,36)37)18-21-8-9-32(53(4,47)48,15-24(21)19-43)30-41-10-11-51-30/h6-8,10-15,20H,5,9,16-19H2,1-4H3/q+1/t20-,32?,43?/m0/s1. The van der Waals surface area contributed by atoms with E-state index in [1.165, 1.54) is 23.2 Å². The number of thioether (sulfide) groups is 1. The van der Waals surface area contributed by atoms with E-state index in [0.29, 0.717) is 22.5 Å². The second kappa shape index (κ2) is 13.4. The lowest BCUT2D eigenvalue weighted by molar-refractivity contribution is -0.189. The van der Waals surface area contributed by atoms with Crippen molar-refractivity contribution in [2.45, 2.75) is 66.4 Å². The minimum atomic E-state index is -4.85. The Labute approximate surface area is 310 Å². The number of carbonyl (C=O) groups excluding carboxylic acids is 1. The third kappa shape index (κ3) is 7.14. The smallest absolute Gasteiger partial charge is 0.425 e. The highest BCUT2D eigenvalue weighted by Crippen LogP contribution is 2.50. The van der Waals surface area contributed by atoms with Crippen molar-refractivity contribution in [2.75, 3.05) is 31.4 Å². The molecule has 0 radical (unpaired) electrons. The van der Waals surface area contributed by atoms with Crippen LogP contribution in [0.1, 0.15) is 42.0 Å². The minimum absolute atomic E-state index is 0.0172. The summed E-state index contributed by atoms with van der Waals surface area (Å²) in [5.74, 6) is -0.0945. The number of likely N-dealkylation sites (tertiary alicyclic amines) is 1. The molecule has 1 aliphatic carbocycles. The molecule has 0 bridgehead atoms. The monoisotopic (exact) mass is 822 g/mol. The number of rotatable bonds is 8. The molecule has 2 unspecified atom stereocenters. The van der Waals surface area contributed by atoms with Gasteiger partial charge in [0.25, 0.3) is 0 Å². The van der Waals surface area contributed by atoms with E-state index in [9.17, 15) is 43.2 Å². The molecule has 6 rings (SSSR count). The van der Waals surface area contributed by atoms with Crippen LogP contribution in [0.4, 0.5) is 36.8 Å². The van der Waals surface area contributed by atoms with Gasteiger partial charge in [-0.05, 0) is 60.6 Å². The maximum atomic E-state index is 15.1. The van der Waals surface area contributed by atoms with Crippen molar-refractivity contribution in [3.63, 3.8) is 0 Å². The SMILES string of the molecule is CCSc1cc2c(cc1C(F)(F)F)CN(C(=O)[N+]1(c3cc(S(C)(=O)=O)ccc3O[C@@H](C)C(F)(F)F)CC3=CCC(c4nccs4)(S(C)(=O)=O)C=C3C1)C2. The quantitative estimate of drug-likeness (QED) is 0.130. The van der Waals surface area contributed by atoms with Gasteiger partial charge in [0.2, 0.25) is 0 Å². The number of alkyl halides is 6. The fourth-order valence-electron chi connectivity index (χ4n) is 6.95. The maximum Gasteiger partial charge on any atom is 0.425 e. The lowest BCUT2D eigenvalue weighted by atomic mass is 9.91. The molecule has 286 valence electrons. The second-order valence-electron chi connectivity index (χ2n) is 13.3. The van der Waals surface area contributed by atoms with Gasteiger partial charge in [-0.3, -0.25) is 4.90 Å². The predicted octanol–water partition coefficient (Wildman–Crippen LogP) is 7.66. The van der Waals surface area contributed by atoms with Crippen LogP contribution in [-0.2, 0) is 43.7 Å². The van der Waals surface area contributed by atoms with Crippen LogP contribution in [0.2, 0.25) is 0 Å². The van der Waals surface area contributed by atoms with Crippen LogP contribution in [0, 0.1) is 0 Å². The average molecular weight is 823 g/mol. The van der Waals surface area contributed by atoms with E-state index >= 15 is 4.79 Å². The topological polar surface area (TPSA) is 111 Å². The molecule has 2 aromatic carbocycles. The molecule has 0 saturated carbocycles. The van der Waals surface area contributed by atoms with E-state index < -0.39 is 64.7 Å². The number of sulfone groups is 2. The van der Waals surface area contributed by atoms with Crippen molar-refractivity contribution in [3.8, 4) is 5.75 Å². The van der Waals surface area contributed by atoms with Crippen molar-refractivity contribution in [1.29, 1.82) is 0 Å². The van der Waals surface area contributed by atoms with E-state index in [1.54, 1.807) is 18.4 Å². The van der Waals surface area contributed by atoms with Gasteiger partial charge in [0, 0.05) is 46.2 Å². The van der Waals surface area contributed by atoms with Gasteiger partial charge in [-0.1, -0.05) is 13.0 Å². The second-order valence-corrected chi connectivity index (χ2v) is 19.8. The number of urea groups is 1. The van der Waals surface area contributed by atoms with E-state index in [1.807, 2.05) is 0 Å². The number of halogens is 6. The number of amides is 2. The Bertz CT molecular complexity index is 2260. The molecule has 9 nitrogen and oxygen atoms in total. The number of thiazole rings is 1. The third-order valence-electron chi connectivity index (χ3n) is 9.66. The molecule has 3 aromatic rings. The predicted molar refractivity (Wildman–Crippen MR) is 189 cm³/mol. The number of nitrogens with zero attached hydrogens (tertiary/aromatic N) is 3. The number of aromatic nitrogens is 1. The number of hydrogen-bond acceptors (Lipinski definition) is 9. The normalized spacial score (nSPS) is 22.6. The van der Waals surface area contributed by atoms with Crippen LogP contribution >= 0.6 is 23.1 Å². The summed E-state index contributed by atoms with van der Waals surface area (Å²) >= 11 is 2.10. The zero-order valence-electron chi connectivity index (χ0n) is 28.7. The molecular weight excluding hydrogens is 789 g/mol. The van der Waals surface area contributed by atoms with Crippen LogP contribution in [-0.4, -0.2) is 76.4 Å². The van der Waals surface area contributed by atoms with Gasteiger partial charge in [-0.25, -0.2) is 26.6 Å². The van der Waals surface area contributed by atoms with Crippen molar-refractivity contribution in [2.24, 2.45) is 0 Å². The zero-order chi connectivity index (χ0) is 38.9. The average Bonchev–Trinajstić information content (AvgIpc) is 3.81. The van der Waals surface area contributed by atoms with Crippen LogP contribution in [0.25, 0.3) is 0 Å². The van der Waals surface area contributed by atoms with Crippen molar-refractivity contribution >= 4 is 54.5 Å². The Morgan fingerprint density at radius 2 is 1.70 bits per heavy atom. The molecular formula is C34H34F6N3O6S4+. The molecule has 0 spiro atoms. The highest BCUT2D eigenvalue weighted by Gasteiger charge is 2.56. The maximum absolute atomic E-state index is 15.1. The first-order valence-corrected chi connectivity index (χ1v) is 21.8. The molecule has 3 atom stereocenters. The van der Waals surface area contributed by atoms with Gasteiger partial charge in [0.15, 0.2) is 37.2 Å². The largest absolute Gasteiger partial charge is 0.475 e. The molecule has 1 fully saturated rings. The summed E-state index contributed by atoms with van der Waals surface area (Å²) in [6.45, 7) is 1.45. The molecule has 0 N–H and O–H groups in total. The molecule has 19 heteroatoms.